The van der Waals surface area contributed by atoms with E-state index in [1.165, 1.54) is 57.8 Å². The fraction of sp³-hybridized carbons (Fsp3) is 1.00. The fourth-order valence-electron chi connectivity index (χ4n) is 3.68. The Kier molecular flexibility index (Phi) is 7.97. The summed E-state index contributed by atoms with van der Waals surface area (Å²) in [5.74, 6) is 2.75. The summed E-state index contributed by atoms with van der Waals surface area (Å²) in [5.41, 5.74) is 0. The first-order valence-electron chi connectivity index (χ1n) is 8.29. The largest absolute Gasteiger partial charge is 0.317 e. The van der Waals surface area contributed by atoms with Crippen LogP contribution in [-0.4, -0.2) is 13.1 Å². The topological polar surface area (TPSA) is 12.0 Å². The van der Waals surface area contributed by atoms with Crippen LogP contribution in [0.1, 0.15) is 78.6 Å². The molecule has 0 radical (unpaired) electrons. The first-order chi connectivity index (χ1) is 8.61. The number of hydrogen-bond donors (Lipinski definition) is 1. The van der Waals surface area contributed by atoms with Crippen LogP contribution < -0.4 is 5.32 Å². The molecule has 108 valence electrons. The van der Waals surface area contributed by atoms with E-state index < -0.39 is 0 Å². The highest BCUT2D eigenvalue weighted by molar-refractivity contribution is 4.73. The molecule has 2 atom stereocenters. The molecular weight excluding hydrogens is 218 g/mol. The van der Waals surface area contributed by atoms with Crippen LogP contribution in [0, 0.1) is 17.8 Å². The van der Waals surface area contributed by atoms with Crippen molar-refractivity contribution in [1.82, 2.24) is 5.32 Å². The van der Waals surface area contributed by atoms with Gasteiger partial charge in [-0.2, -0.15) is 0 Å². The van der Waals surface area contributed by atoms with Gasteiger partial charge in [0.15, 0.2) is 0 Å². The molecule has 1 rings (SSSR count). The van der Waals surface area contributed by atoms with Crippen molar-refractivity contribution in [2.45, 2.75) is 84.6 Å². The lowest BCUT2D eigenvalue weighted by molar-refractivity contribution is 0.293. The van der Waals surface area contributed by atoms with Crippen LogP contribution >= 0.6 is 0 Å². The predicted molar refractivity (Wildman–Crippen MR) is 81.9 cm³/mol. The second-order valence-corrected chi connectivity index (χ2v) is 7.04. The van der Waals surface area contributed by atoms with E-state index in [4.69, 9.17) is 0 Å². The molecule has 0 spiro atoms. The van der Waals surface area contributed by atoms with Crippen LogP contribution in [0.2, 0.25) is 0 Å². The van der Waals surface area contributed by atoms with Gasteiger partial charge in [0.2, 0.25) is 0 Å². The summed E-state index contributed by atoms with van der Waals surface area (Å²) in [6, 6.07) is 0.751. The molecule has 0 amide bonds. The van der Waals surface area contributed by atoms with Crippen molar-refractivity contribution in [3.8, 4) is 0 Å². The average molecular weight is 253 g/mol. The Labute approximate surface area is 115 Å². The molecule has 0 aromatic heterocycles. The molecule has 0 bridgehead atoms. The lowest BCUT2D eigenvalue weighted by Crippen LogP contribution is -2.28. The third-order valence-electron chi connectivity index (χ3n) is 4.62. The third kappa shape index (κ3) is 6.78. The van der Waals surface area contributed by atoms with E-state index in [0.717, 1.165) is 23.8 Å². The first kappa shape index (κ1) is 16.0. The molecular formula is C17H35N. The van der Waals surface area contributed by atoms with Crippen molar-refractivity contribution in [3.63, 3.8) is 0 Å². The summed E-state index contributed by atoms with van der Waals surface area (Å²) in [4.78, 5) is 0. The highest BCUT2D eigenvalue weighted by Gasteiger charge is 2.17. The molecule has 1 N–H and O–H groups in total. The smallest absolute Gasteiger partial charge is 0.00667 e. The molecule has 0 aliphatic heterocycles. The van der Waals surface area contributed by atoms with Gasteiger partial charge in [-0.25, -0.2) is 0 Å². The number of hydrogen-bond acceptors (Lipinski definition) is 1. The maximum atomic E-state index is 3.55. The van der Waals surface area contributed by atoms with E-state index in [2.05, 4.69) is 33.1 Å². The number of rotatable bonds is 8. The molecule has 0 heterocycles. The van der Waals surface area contributed by atoms with Crippen LogP contribution in [0.5, 0.6) is 0 Å². The Bertz CT molecular complexity index is 194. The van der Waals surface area contributed by atoms with Gasteiger partial charge in [-0.3, -0.25) is 0 Å². The minimum atomic E-state index is 0.751. The second kappa shape index (κ2) is 8.96. The van der Waals surface area contributed by atoms with E-state index in [9.17, 15) is 0 Å². The zero-order chi connectivity index (χ0) is 13.4. The van der Waals surface area contributed by atoms with Crippen molar-refractivity contribution >= 4 is 0 Å². The van der Waals surface area contributed by atoms with Gasteiger partial charge >= 0.3 is 0 Å². The molecule has 1 aliphatic carbocycles. The molecule has 1 saturated carbocycles. The molecule has 1 fully saturated rings. The van der Waals surface area contributed by atoms with Crippen LogP contribution in [0.3, 0.4) is 0 Å². The van der Waals surface area contributed by atoms with Crippen LogP contribution in [-0.2, 0) is 0 Å². The molecule has 0 saturated heterocycles. The SMILES string of the molecule is CNC(CCC1CCCCC1)CC(C)CC(C)C. The van der Waals surface area contributed by atoms with Crippen molar-refractivity contribution in [2.24, 2.45) is 17.8 Å². The maximum absolute atomic E-state index is 3.55. The van der Waals surface area contributed by atoms with E-state index in [0.29, 0.717) is 0 Å². The van der Waals surface area contributed by atoms with E-state index in [1.54, 1.807) is 0 Å². The van der Waals surface area contributed by atoms with Gasteiger partial charge in [-0.1, -0.05) is 52.9 Å². The highest BCUT2D eigenvalue weighted by Crippen LogP contribution is 2.28. The second-order valence-electron chi connectivity index (χ2n) is 7.04. The number of nitrogens with one attached hydrogen (secondary N) is 1. The summed E-state index contributed by atoms with van der Waals surface area (Å²) in [5, 5.41) is 3.55. The van der Waals surface area contributed by atoms with Crippen molar-refractivity contribution in [2.75, 3.05) is 7.05 Å². The van der Waals surface area contributed by atoms with E-state index in [1.807, 2.05) is 0 Å². The minimum Gasteiger partial charge on any atom is -0.317 e. The zero-order valence-electron chi connectivity index (χ0n) is 13.2. The van der Waals surface area contributed by atoms with E-state index in [-0.39, 0.29) is 0 Å². The first-order valence-corrected chi connectivity index (χ1v) is 8.29. The molecule has 0 aromatic rings. The maximum Gasteiger partial charge on any atom is 0.00667 e. The molecule has 1 heteroatoms. The Balaban J connectivity index is 2.19. The molecule has 2 unspecified atom stereocenters. The lowest BCUT2D eigenvalue weighted by Gasteiger charge is -2.26. The monoisotopic (exact) mass is 253 g/mol. The van der Waals surface area contributed by atoms with Crippen LogP contribution in [0.15, 0.2) is 0 Å². The van der Waals surface area contributed by atoms with Gasteiger partial charge in [0.05, 0.1) is 0 Å². The van der Waals surface area contributed by atoms with Gasteiger partial charge in [0, 0.05) is 6.04 Å². The Morgan fingerprint density at radius 2 is 1.67 bits per heavy atom. The predicted octanol–water partition coefficient (Wildman–Crippen LogP) is 5.01. The quantitative estimate of drug-likeness (QED) is 0.641. The Morgan fingerprint density at radius 1 is 1.00 bits per heavy atom. The standard InChI is InChI=1S/C17H35N/c1-14(2)12-15(3)13-17(18-4)11-10-16-8-6-5-7-9-16/h14-18H,5-13H2,1-4H3. The summed E-state index contributed by atoms with van der Waals surface area (Å²) >= 11 is 0. The summed E-state index contributed by atoms with van der Waals surface area (Å²) in [6.45, 7) is 7.10. The van der Waals surface area contributed by atoms with Crippen LogP contribution in [0.4, 0.5) is 0 Å². The fourth-order valence-corrected chi connectivity index (χ4v) is 3.68. The van der Waals surface area contributed by atoms with Gasteiger partial charge in [0.25, 0.3) is 0 Å². The van der Waals surface area contributed by atoms with Gasteiger partial charge in [0.1, 0.15) is 0 Å². The Morgan fingerprint density at radius 3 is 2.22 bits per heavy atom. The summed E-state index contributed by atoms with van der Waals surface area (Å²) < 4.78 is 0. The molecule has 1 nitrogen and oxygen atoms in total. The summed E-state index contributed by atoms with van der Waals surface area (Å²) in [6.07, 6.45) is 13.0. The van der Waals surface area contributed by atoms with Crippen molar-refractivity contribution in [1.29, 1.82) is 0 Å². The van der Waals surface area contributed by atoms with Crippen LogP contribution in [0.25, 0.3) is 0 Å². The summed E-state index contributed by atoms with van der Waals surface area (Å²) in [7, 11) is 2.15. The normalized spacial score (nSPS) is 21.2. The molecule has 0 aromatic carbocycles. The highest BCUT2D eigenvalue weighted by atomic mass is 14.9. The van der Waals surface area contributed by atoms with Crippen molar-refractivity contribution in [3.05, 3.63) is 0 Å². The van der Waals surface area contributed by atoms with E-state index >= 15 is 0 Å². The third-order valence-corrected chi connectivity index (χ3v) is 4.62. The van der Waals surface area contributed by atoms with Gasteiger partial charge in [-0.05, 0) is 50.5 Å². The molecule has 1 aliphatic rings. The van der Waals surface area contributed by atoms with Gasteiger partial charge < -0.3 is 5.32 Å². The van der Waals surface area contributed by atoms with Gasteiger partial charge in [-0.15, -0.1) is 0 Å². The lowest BCUT2D eigenvalue weighted by atomic mass is 9.83. The molecule has 18 heavy (non-hydrogen) atoms. The average Bonchev–Trinajstić information content (AvgIpc) is 2.34. The Hall–Kier alpha value is -0.0400. The zero-order valence-corrected chi connectivity index (χ0v) is 13.2. The minimum absolute atomic E-state index is 0.751. The van der Waals surface area contributed by atoms with Crippen molar-refractivity contribution < 1.29 is 0 Å².